The topological polar surface area (TPSA) is 70.1 Å². The highest BCUT2D eigenvalue weighted by Crippen LogP contribution is 2.23. The summed E-state index contributed by atoms with van der Waals surface area (Å²) in [6.45, 7) is 4.55. The van der Waals surface area contributed by atoms with Crippen LogP contribution in [0.15, 0.2) is 18.2 Å². The minimum Gasteiger partial charge on any atom is -0.480 e. The Kier molecular flexibility index (Phi) is 5.08. The Labute approximate surface area is 145 Å². The van der Waals surface area contributed by atoms with Crippen molar-refractivity contribution in [2.45, 2.75) is 13.0 Å². The smallest absolute Gasteiger partial charge is 0.317 e. The Bertz CT molecular complexity index is 651. The Balaban J connectivity index is 1.80. The lowest BCUT2D eigenvalue weighted by atomic mass is 10.1. The number of hydrogen-bond donors (Lipinski definition) is 1. The maximum atomic E-state index is 12.9. The molecule has 0 radical (unpaired) electrons. The summed E-state index contributed by atoms with van der Waals surface area (Å²) in [7, 11) is 0. The maximum absolute atomic E-state index is 12.9. The number of ether oxygens (including phenoxy) is 1. The van der Waals surface area contributed by atoms with Crippen LogP contribution in [0.3, 0.4) is 0 Å². The SMILES string of the molecule is Cc1cc(C(=O)N2C[C@@H]3COC[C@H](C2)N(CC(=O)O)C3)ccc1Cl. The second kappa shape index (κ2) is 7.09. The van der Waals surface area contributed by atoms with Crippen molar-refractivity contribution in [3.05, 3.63) is 34.3 Å². The summed E-state index contributed by atoms with van der Waals surface area (Å²) in [5, 5.41) is 9.75. The van der Waals surface area contributed by atoms with Crippen LogP contribution in [0, 0.1) is 12.8 Å². The second-order valence-electron chi connectivity index (χ2n) is 6.55. The molecule has 2 heterocycles. The number of rotatable bonds is 3. The van der Waals surface area contributed by atoms with Gasteiger partial charge in [-0.25, -0.2) is 0 Å². The molecule has 1 aromatic carbocycles. The molecule has 0 spiro atoms. The molecule has 1 aromatic rings. The molecule has 2 aliphatic rings. The van der Waals surface area contributed by atoms with Gasteiger partial charge in [-0.1, -0.05) is 11.6 Å². The molecule has 2 atom stereocenters. The molecule has 6 nitrogen and oxygen atoms in total. The van der Waals surface area contributed by atoms with E-state index in [1.807, 2.05) is 16.7 Å². The van der Waals surface area contributed by atoms with Gasteiger partial charge in [0, 0.05) is 36.1 Å². The molecule has 2 fully saturated rings. The fraction of sp³-hybridized carbons (Fsp3) is 0.529. The normalized spacial score (nSPS) is 24.5. The minimum absolute atomic E-state index is 0.0212. The molecule has 24 heavy (non-hydrogen) atoms. The number of carbonyl (C=O) groups excluding carboxylic acids is 1. The van der Waals surface area contributed by atoms with E-state index in [2.05, 4.69) is 0 Å². The van der Waals surface area contributed by atoms with E-state index in [0.29, 0.717) is 43.4 Å². The molecule has 2 aliphatic heterocycles. The molecule has 0 aromatic heterocycles. The lowest BCUT2D eigenvalue weighted by Gasteiger charge is -2.30. The van der Waals surface area contributed by atoms with Crippen LogP contribution in [0.25, 0.3) is 0 Å². The number of hydrogen-bond acceptors (Lipinski definition) is 4. The average molecular weight is 353 g/mol. The highest BCUT2D eigenvalue weighted by molar-refractivity contribution is 6.31. The van der Waals surface area contributed by atoms with Crippen LogP contribution in [0.1, 0.15) is 15.9 Å². The van der Waals surface area contributed by atoms with E-state index in [4.69, 9.17) is 21.4 Å². The van der Waals surface area contributed by atoms with Gasteiger partial charge in [0.05, 0.1) is 25.8 Å². The fourth-order valence-corrected chi connectivity index (χ4v) is 3.54. The number of nitrogens with zero attached hydrogens (tertiary/aromatic N) is 2. The third-order valence-electron chi connectivity index (χ3n) is 4.61. The molecule has 0 aliphatic carbocycles. The standard InChI is InChI=1S/C17H21ClN2O4/c1-11-4-13(2-3-15(11)18)17(23)20-6-12-5-19(8-16(21)22)14(7-20)10-24-9-12/h2-4,12,14H,5-10H2,1H3,(H,21,22)/t12-,14+/m1/s1. The summed E-state index contributed by atoms with van der Waals surface area (Å²) >= 11 is 6.04. The van der Waals surface area contributed by atoms with Gasteiger partial charge in [-0.15, -0.1) is 0 Å². The quantitative estimate of drug-likeness (QED) is 0.892. The molecule has 0 saturated carbocycles. The number of aliphatic carboxylic acids is 1. The summed E-state index contributed by atoms with van der Waals surface area (Å²) in [5.74, 6) is -0.771. The molecule has 0 unspecified atom stereocenters. The second-order valence-corrected chi connectivity index (χ2v) is 6.96. The van der Waals surface area contributed by atoms with Crippen molar-refractivity contribution in [2.75, 3.05) is 39.4 Å². The number of carboxylic acid groups (broad SMARTS) is 1. The monoisotopic (exact) mass is 352 g/mol. The molecule has 7 heteroatoms. The number of carboxylic acids is 1. The summed E-state index contributed by atoms with van der Waals surface area (Å²) in [6, 6.07) is 5.19. The highest BCUT2D eigenvalue weighted by Gasteiger charge is 2.36. The van der Waals surface area contributed by atoms with Crippen molar-refractivity contribution in [1.82, 2.24) is 9.80 Å². The van der Waals surface area contributed by atoms with Crippen LogP contribution in [-0.4, -0.2) is 72.2 Å². The van der Waals surface area contributed by atoms with Gasteiger partial charge in [-0.2, -0.15) is 0 Å². The molecular formula is C17H21ClN2O4. The van der Waals surface area contributed by atoms with Gasteiger partial charge < -0.3 is 14.7 Å². The predicted octanol–water partition coefficient (Wildman–Crippen LogP) is 1.51. The van der Waals surface area contributed by atoms with Crippen molar-refractivity contribution in [3.8, 4) is 0 Å². The van der Waals surface area contributed by atoms with E-state index in [-0.39, 0.29) is 24.4 Å². The summed E-state index contributed by atoms with van der Waals surface area (Å²) in [6.07, 6.45) is 0. The maximum Gasteiger partial charge on any atom is 0.317 e. The van der Waals surface area contributed by atoms with Gasteiger partial charge in [-0.05, 0) is 30.7 Å². The molecule has 1 N–H and O–H groups in total. The summed E-state index contributed by atoms with van der Waals surface area (Å²) in [4.78, 5) is 27.7. The third-order valence-corrected chi connectivity index (χ3v) is 5.04. The van der Waals surface area contributed by atoms with E-state index in [9.17, 15) is 9.59 Å². The largest absolute Gasteiger partial charge is 0.480 e. The van der Waals surface area contributed by atoms with Gasteiger partial charge >= 0.3 is 5.97 Å². The average Bonchev–Trinajstić information content (AvgIpc) is 2.78. The molecule has 2 saturated heterocycles. The van der Waals surface area contributed by atoms with E-state index in [0.717, 1.165) is 5.56 Å². The number of benzene rings is 1. The van der Waals surface area contributed by atoms with Crippen molar-refractivity contribution in [1.29, 1.82) is 0 Å². The van der Waals surface area contributed by atoms with Crippen LogP contribution in [0.2, 0.25) is 5.02 Å². The van der Waals surface area contributed by atoms with Crippen molar-refractivity contribution >= 4 is 23.5 Å². The van der Waals surface area contributed by atoms with Crippen LogP contribution in [0.5, 0.6) is 0 Å². The first-order valence-corrected chi connectivity index (χ1v) is 8.41. The number of amides is 1. The van der Waals surface area contributed by atoms with Gasteiger partial charge in [0.2, 0.25) is 0 Å². The van der Waals surface area contributed by atoms with Gasteiger partial charge in [0.25, 0.3) is 5.91 Å². The van der Waals surface area contributed by atoms with Crippen molar-refractivity contribution in [3.63, 3.8) is 0 Å². The Morgan fingerprint density at radius 1 is 1.29 bits per heavy atom. The summed E-state index contributed by atoms with van der Waals surface area (Å²) < 4.78 is 5.65. The first kappa shape index (κ1) is 17.2. The van der Waals surface area contributed by atoms with Crippen LogP contribution >= 0.6 is 11.6 Å². The van der Waals surface area contributed by atoms with E-state index in [1.165, 1.54) is 0 Å². The minimum atomic E-state index is -0.853. The number of aryl methyl sites for hydroxylation is 1. The highest BCUT2D eigenvalue weighted by atomic mass is 35.5. The first-order valence-electron chi connectivity index (χ1n) is 8.03. The molecular weight excluding hydrogens is 332 g/mol. The fourth-order valence-electron chi connectivity index (χ4n) is 3.42. The van der Waals surface area contributed by atoms with Crippen LogP contribution < -0.4 is 0 Å². The molecule has 1 amide bonds. The van der Waals surface area contributed by atoms with Gasteiger partial charge in [0.15, 0.2) is 0 Å². The van der Waals surface area contributed by atoms with E-state index in [1.54, 1.807) is 18.2 Å². The Morgan fingerprint density at radius 3 is 2.79 bits per heavy atom. The van der Waals surface area contributed by atoms with Crippen LogP contribution in [-0.2, 0) is 9.53 Å². The van der Waals surface area contributed by atoms with Crippen molar-refractivity contribution in [2.24, 2.45) is 5.92 Å². The number of halogens is 1. The lowest BCUT2D eigenvalue weighted by Crippen LogP contribution is -2.47. The lowest BCUT2D eigenvalue weighted by molar-refractivity contribution is -0.139. The van der Waals surface area contributed by atoms with Gasteiger partial charge in [-0.3, -0.25) is 14.5 Å². The number of fused-ring (bicyclic) bond motifs is 3. The Hall–Kier alpha value is -1.63. The van der Waals surface area contributed by atoms with E-state index < -0.39 is 5.97 Å². The van der Waals surface area contributed by atoms with Gasteiger partial charge in [0.1, 0.15) is 0 Å². The zero-order valence-electron chi connectivity index (χ0n) is 13.6. The first-order chi connectivity index (χ1) is 11.4. The molecule has 2 bridgehead atoms. The Morgan fingerprint density at radius 2 is 2.08 bits per heavy atom. The molecule has 3 rings (SSSR count). The zero-order valence-corrected chi connectivity index (χ0v) is 14.3. The third kappa shape index (κ3) is 3.71. The van der Waals surface area contributed by atoms with Crippen LogP contribution in [0.4, 0.5) is 0 Å². The number of carbonyl (C=O) groups is 2. The summed E-state index contributed by atoms with van der Waals surface area (Å²) in [5.41, 5.74) is 1.48. The predicted molar refractivity (Wildman–Crippen MR) is 89.4 cm³/mol. The van der Waals surface area contributed by atoms with E-state index >= 15 is 0 Å². The van der Waals surface area contributed by atoms with Crippen molar-refractivity contribution < 1.29 is 19.4 Å². The molecule has 130 valence electrons. The zero-order chi connectivity index (χ0) is 17.3.